The van der Waals surface area contributed by atoms with Crippen molar-refractivity contribution in [3.63, 3.8) is 0 Å². The van der Waals surface area contributed by atoms with Gasteiger partial charge < -0.3 is 4.90 Å². The van der Waals surface area contributed by atoms with Crippen LogP contribution in [0.5, 0.6) is 0 Å². The Bertz CT molecular complexity index is 767. The number of nitrogens with zero attached hydrogens (tertiary/aromatic N) is 3. The Hall–Kier alpha value is -1.85. The number of rotatable bonds is 3. The van der Waals surface area contributed by atoms with E-state index in [2.05, 4.69) is 52.0 Å². The summed E-state index contributed by atoms with van der Waals surface area (Å²) in [5.74, 6) is 1.32. The third kappa shape index (κ3) is 3.64. The number of hydrogen-bond donors (Lipinski definition) is 0. The second-order valence-electron chi connectivity index (χ2n) is 7.18. The van der Waals surface area contributed by atoms with Crippen LogP contribution < -0.4 is 0 Å². The Labute approximate surface area is 159 Å². The van der Waals surface area contributed by atoms with E-state index >= 15 is 0 Å². The van der Waals surface area contributed by atoms with Crippen LogP contribution in [0.25, 0.3) is 0 Å². The summed E-state index contributed by atoms with van der Waals surface area (Å²) in [6.45, 7) is 5.72. The fourth-order valence-corrected chi connectivity index (χ4v) is 5.26. The molecule has 0 bridgehead atoms. The van der Waals surface area contributed by atoms with Crippen molar-refractivity contribution in [3.8, 4) is 0 Å². The average Bonchev–Trinajstić information content (AvgIpc) is 2.68. The summed E-state index contributed by atoms with van der Waals surface area (Å²) in [5, 5.41) is -0.0349. The highest BCUT2D eigenvalue weighted by Crippen LogP contribution is 2.38. The number of carbonyl (C=O) groups is 1. The average molecular weight is 368 g/mol. The van der Waals surface area contributed by atoms with Gasteiger partial charge in [0.1, 0.15) is 5.25 Å². The number of thioether (sulfide) groups is 1. The van der Waals surface area contributed by atoms with E-state index in [9.17, 15) is 4.79 Å². The molecule has 1 aromatic carbocycles. The van der Waals surface area contributed by atoms with E-state index in [1.807, 2.05) is 18.5 Å². The molecule has 0 unspecified atom stereocenters. The van der Waals surface area contributed by atoms with E-state index in [1.165, 1.54) is 16.7 Å². The van der Waals surface area contributed by atoms with Crippen molar-refractivity contribution in [1.82, 2.24) is 14.8 Å². The van der Waals surface area contributed by atoms with Crippen molar-refractivity contribution in [1.29, 1.82) is 0 Å². The van der Waals surface area contributed by atoms with Crippen molar-refractivity contribution in [2.75, 3.05) is 25.4 Å². The second-order valence-corrected chi connectivity index (χ2v) is 8.39. The van der Waals surface area contributed by atoms with Crippen LogP contribution >= 0.6 is 11.8 Å². The van der Waals surface area contributed by atoms with Gasteiger partial charge in [-0.3, -0.25) is 14.7 Å². The van der Waals surface area contributed by atoms with Crippen molar-refractivity contribution in [2.24, 2.45) is 0 Å². The molecule has 136 valence electrons. The minimum absolute atomic E-state index is 0.0349. The lowest BCUT2D eigenvalue weighted by atomic mass is 10.00. The predicted molar refractivity (Wildman–Crippen MR) is 106 cm³/mol. The third-order valence-corrected chi connectivity index (χ3v) is 6.57. The molecular formula is C21H25N3OS. The van der Waals surface area contributed by atoms with E-state index in [-0.39, 0.29) is 17.2 Å². The third-order valence-electron chi connectivity index (χ3n) is 5.34. The van der Waals surface area contributed by atoms with Crippen LogP contribution in [-0.4, -0.2) is 52.1 Å². The fourth-order valence-electron chi connectivity index (χ4n) is 4.00. The Morgan fingerprint density at radius 2 is 2.12 bits per heavy atom. The number of pyridine rings is 1. The first-order valence-corrected chi connectivity index (χ1v) is 10.4. The standard InChI is InChI=1S/C21H25N3OS/c1-16-14-23(15-17-5-4-9-22-13-17)10-11-24(16)21(25)20-19-7-3-2-6-18(19)8-12-26-20/h2-7,9,13,16,20H,8,10-12,14-15H2,1H3/t16-,20-/m1/s1. The first-order chi connectivity index (χ1) is 12.7. The molecule has 0 N–H and O–H groups in total. The summed E-state index contributed by atoms with van der Waals surface area (Å²) in [4.78, 5) is 22.0. The highest BCUT2D eigenvalue weighted by atomic mass is 32.2. The molecule has 0 saturated carbocycles. The predicted octanol–water partition coefficient (Wildman–Crippen LogP) is 3.14. The Morgan fingerprint density at radius 1 is 1.23 bits per heavy atom. The van der Waals surface area contributed by atoms with Gasteiger partial charge in [0.2, 0.25) is 5.91 Å². The van der Waals surface area contributed by atoms with Crippen LogP contribution in [0.4, 0.5) is 0 Å². The van der Waals surface area contributed by atoms with E-state index in [4.69, 9.17) is 0 Å². The Morgan fingerprint density at radius 3 is 2.92 bits per heavy atom. The zero-order chi connectivity index (χ0) is 17.9. The number of carbonyl (C=O) groups excluding carboxylic acids is 1. The number of aryl methyl sites for hydroxylation is 1. The summed E-state index contributed by atoms with van der Waals surface area (Å²) < 4.78 is 0. The SMILES string of the molecule is C[C@@H]1CN(Cc2cccnc2)CCN1C(=O)[C@@H]1SCCc2ccccc21. The Kier molecular flexibility index (Phi) is 5.27. The zero-order valence-electron chi connectivity index (χ0n) is 15.2. The number of fused-ring (bicyclic) bond motifs is 1. The van der Waals surface area contributed by atoms with Gasteiger partial charge in [0.25, 0.3) is 0 Å². The molecule has 26 heavy (non-hydrogen) atoms. The summed E-state index contributed by atoms with van der Waals surface area (Å²) in [7, 11) is 0. The lowest BCUT2D eigenvalue weighted by Crippen LogP contribution is -2.54. The maximum absolute atomic E-state index is 13.3. The molecule has 2 atom stereocenters. The van der Waals surface area contributed by atoms with Gasteiger partial charge in [0, 0.05) is 44.6 Å². The molecule has 1 fully saturated rings. The maximum Gasteiger partial charge on any atom is 0.240 e. The normalized spacial score (nSPS) is 23.5. The Balaban J connectivity index is 1.43. The van der Waals surface area contributed by atoms with Gasteiger partial charge in [-0.25, -0.2) is 0 Å². The molecule has 4 nitrogen and oxygen atoms in total. The quantitative estimate of drug-likeness (QED) is 0.835. The molecule has 1 amide bonds. The monoisotopic (exact) mass is 367 g/mol. The molecule has 2 aliphatic heterocycles. The van der Waals surface area contributed by atoms with Crippen molar-refractivity contribution in [3.05, 3.63) is 65.5 Å². The topological polar surface area (TPSA) is 36.4 Å². The first kappa shape index (κ1) is 17.6. The summed E-state index contributed by atoms with van der Waals surface area (Å²) in [5.41, 5.74) is 3.79. The van der Waals surface area contributed by atoms with E-state index in [0.29, 0.717) is 0 Å². The molecule has 2 aromatic rings. The van der Waals surface area contributed by atoms with Gasteiger partial charge in [-0.1, -0.05) is 30.3 Å². The van der Waals surface area contributed by atoms with Crippen LogP contribution in [0.2, 0.25) is 0 Å². The lowest BCUT2D eigenvalue weighted by Gasteiger charge is -2.41. The minimum atomic E-state index is -0.0349. The molecule has 0 spiro atoms. The van der Waals surface area contributed by atoms with Gasteiger partial charge in [0.05, 0.1) is 0 Å². The molecule has 1 saturated heterocycles. The number of aromatic nitrogens is 1. The van der Waals surface area contributed by atoms with Crippen LogP contribution in [0.1, 0.15) is 28.9 Å². The van der Waals surface area contributed by atoms with Crippen LogP contribution in [0.3, 0.4) is 0 Å². The van der Waals surface area contributed by atoms with E-state index in [1.54, 1.807) is 11.8 Å². The number of benzene rings is 1. The molecule has 0 radical (unpaired) electrons. The van der Waals surface area contributed by atoms with Crippen LogP contribution in [0.15, 0.2) is 48.8 Å². The van der Waals surface area contributed by atoms with Crippen molar-refractivity contribution in [2.45, 2.75) is 31.2 Å². The van der Waals surface area contributed by atoms with E-state index in [0.717, 1.165) is 38.4 Å². The first-order valence-electron chi connectivity index (χ1n) is 9.33. The molecule has 5 heteroatoms. The summed E-state index contributed by atoms with van der Waals surface area (Å²) in [6.07, 6.45) is 4.80. The molecule has 1 aromatic heterocycles. The smallest absolute Gasteiger partial charge is 0.240 e. The molecule has 3 heterocycles. The highest BCUT2D eigenvalue weighted by Gasteiger charge is 2.35. The van der Waals surface area contributed by atoms with Crippen LogP contribution in [0, 0.1) is 0 Å². The van der Waals surface area contributed by atoms with Crippen molar-refractivity contribution >= 4 is 17.7 Å². The summed E-state index contributed by atoms with van der Waals surface area (Å²) >= 11 is 1.80. The molecule has 4 rings (SSSR count). The fraction of sp³-hybridized carbons (Fsp3) is 0.429. The molecule has 0 aliphatic carbocycles. The molecular weight excluding hydrogens is 342 g/mol. The summed E-state index contributed by atoms with van der Waals surface area (Å²) in [6, 6.07) is 12.8. The van der Waals surface area contributed by atoms with Gasteiger partial charge in [-0.05, 0) is 41.9 Å². The second kappa shape index (κ2) is 7.80. The van der Waals surface area contributed by atoms with Gasteiger partial charge in [-0.15, -0.1) is 11.8 Å². The largest absolute Gasteiger partial charge is 0.336 e. The number of amides is 1. The molecule has 2 aliphatic rings. The number of hydrogen-bond acceptors (Lipinski definition) is 4. The maximum atomic E-state index is 13.3. The van der Waals surface area contributed by atoms with Crippen molar-refractivity contribution < 1.29 is 4.79 Å². The van der Waals surface area contributed by atoms with E-state index < -0.39 is 0 Å². The van der Waals surface area contributed by atoms with Gasteiger partial charge in [0.15, 0.2) is 0 Å². The van der Waals surface area contributed by atoms with Gasteiger partial charge >= 0.3 is 0 Å². The number of piperazine rings is 1. The lowest BCUT2D eigenvalue weighted by molar-refractivity contribution is -0.135. The van der Waals surface area contributed by atoms with Crippen LogP contribution in [-0.2, 0) is 17.8 Å². The minimum Gasteiger partial charge on any atom is -0.336 e. The van der Waals surface area contributed by atoms with Gasteiger partial charge in [-0.2, -0.15) is 0 Å². The highest BCUT2D eigenvalue weighted by molar-refractivity contribution is 8.00. The zero-order valence-corrected chi connectivity index (χ0v) is 16.0.